The molecule has 146 valence electrons. The second-order valence-electron chi connectivity index (χ2n) is 6.44. The third-order valence-electron chi connectivity index (χ3n) is 4.40. The predicted molar refractivity (Wildman–Crippen MR) is 109 cm³/mol. The summed E-state index contributed by atoms with van der Waals surface area (Å²) in [5.41, 5.74) is 1.26. The van der Waals surface area contributed by atoms with E-state index in [0.29, 0.717) is 38.0 Å². The molecule has 0 unspecified atom stereocenters. The summed E-state index contributed by atoms with van der Waals surface area (Å²) in [7, 11) is 1.61. The number of amides is 1. The van der Waals surface area contributed by atoms with Crippen molar-refractivity contribution in [3.63, 3.8) is 0 Å². The number of para-hydroxylation sites is 1. The number of carbonyl (C=O) groups excluding carboxylic acids is 1. The maximum absolute atomic E-state index is 12.2. The van der Waals surface area contributed by atoms with E-state index in [9.17, 15) is 9.59 Å². The summed E-state index contributed by atoms with van der Waals surface area (Å²) < 4.78 is 10.8. The molecule has 6 nitrogen and oxygen atoms in total. The fourth-order valence-electron chi connectivity index (χ4n) is 2.91. The van der Waals surface area contributed by atoms with Crippen molar-refractivity contribution >= 4 is 16.8 Å². The Morgan fingerprint density at radius 3 is 2.68 bits per heavy atom. The summed E-state index contributed by atoms with van der Waals surface area (Å²) >= 11 is 0. The number of aromatic nitrogens is 1. The van der Waals surface area contributed by atoms with Gasteiger partial charge < -0.3 is 19.8 Å². The number of nitrogens with one attached hydrogen (secondary N) is 2. The molecule has 0 saturated carbocycles. The number of rotatable bonds is 9. The van der Waals surface area contributed by atoms with Gasteiger partial charge in [-0.05, 0) is 49.2 Å². The molecule has 1 heterocycles. The van der Waals surface area contributed by atoms with Crippen LogP contribution in [0, 0.1) is 0 Å². The number of hydrogen-bond acceptors (Lipinski definition) is 4. The van der Waals surface area contributed by atoms with Crippen molar-refractivity contribution in [3.05, 3.63) is 70.5 Å². The predicted octanol–water partition coefficient (Wildman–Crippen LogP) is 3.05. The Hall–Kier alpha value is -3.28. The minimum Gasteiger partial charge on any atom is -0.497 e. The number of pyridine rings is 1. The zero-order chi connectivity index (χ0) is 19.8. The van der Waals surface area contributed by atoms with Crippen LogP contribution in [0.2, 0.25) is 0 Å². The summed E-state index contributed by atoms with van der Waals surface area (Å²) in [6.45, 7) is 0.903. The van der Waals surface area contributed by atoms with Gasteiger partial charge in [0.25, 0.3) is 5.56 Å². The average molecular weight is 380 g/mol. The van der Waals surface area contributed by atoms with Gasteiger partial charge in [0.15, 0.2) is 0 Å². The molecule has 3 aromatic rings. The number of fused-ring (bicyclic) bond motifs is 1. The van der Waals surface area contributed by atoms with Crippen molar-refractivity contribution in [2.75, 3.05) is 20.3 Å². The van der Waals surface area contributed by atoms with E-state index in [2.05, 4.69) is 10.3 Å². The van der Waals surface area contributed by atoms with E-state index in [4.69, 9.17) is 9.47 Å². The molecule has 0 spiro atoms. The van der Waals surface area contributed by atoms with Crippen LogP contribution in [0.3, 0.4) is 0 Å². The maximum Gasteiger partial charge on any atom is 0.251 e. The molecule has 0 aliphatic heterocycles. The fraction of sp³-hybridized carbons (Fsp3) is 0.273. The molecule has 0 bridgehead atoms. The second kappa shape index (κ2) is 9.60. The normalized spacial score (nSPS) is 10.6. The van der Waals surface area contributed by atoms with Crippen molar-refractivity contribution < 1.29 is 14.3 Å². The number of methoxy groups -OCH3 is 1. The molecule has 0 aliphatic rings. The van der Waals surface area contributed by atoms with Gasteiger partial charge in [-0.1, -0.05) is 18.2 Å². The molecular weight excluding hydrogens is 356 g/mol. The van der Waals surface area contributed by atoms with Gasteiger partial charge in [0.05, 0.1) is 13.7 Å². The topological polar surface area (TPSA) is 80.4 Å². The fourth-order valence-corrected chi connectivity index (χ4v) is 2.91. The zero-order valence-electron chi connectivity index (χ0n) is 15.9. The van der Waals surface area contributed by atoms with Gasteiger partial charge in [-0.15, -0.1) is 0 Å². The molecule has 3 rings (SSSR count). The Bertz CT molecular complexity index is 983. The second-order valence-corrected chi connectivity index (χ2v) is 6.44. The van der Waals surface area contributed by atoms with Crippen molar-refractivity contribution in [1.29, 1.82) is 0 Å². The van der Waals surface area contributed by atoms with Gasteiger partial charge in [0, 0.05) is 29.4 Å². The van der Waals surface area contributed by atoms with Crippen LogP contribution < -0.4 is 20.3 Å². The molecule has 1 aromatic heterocycles. The molecule has 0 aliphatic carbocycles. The van der Waals surface area contributed by atoms with E-state index >= 15 is 0 Å². The van der Waals surface area contributed by atoms with Crippen LogP contribution in [0.1, 0.15) is 18.4 Å². The molecule has 2 N–H and O–H groups in total. The quantitative estimate of drug-likeness (QED) is 0.559. The molecule has 6 heteroatoms. The minimum absolute atomic E-state index is 0.0458. The molecule has 0 atom stereocenters. The Balaban J connectivity index is 1.44. The number of carbonyl (C=O) groups is 1. The molecule has 0 fully saturated rings. The molecular formula is C22H24N2O4. The molecule has 1 amide bonds. The number of hydrogen-bond donors (Lipinski definition) is 2. The number of H-pyrrole nitrogens is 1. The van der Waals surface area contributed by atoms with Crippen molar-refractivity contribution in [1.82, 2.24) is 10.3 Å². The van der Waals surface area contributed by atoms with Crippen molar-refractivity contribution in [2.45, 2.75) is 19.3 Å². The van der Waals surface area contributed by atoms with E-state index in [1.807, 2.05) is 48.5 Å². The lowest BCUT2D eigenvalue weighted by Crippen LogP contribution is -2.27. The average Bonchev–Trinajstić information content (AvgIpc) is 2.72. The lowest BCUT2D eigenvalue weighted by atomic mass is 10.1. The Kier molecular flexibility index (Phi) is 6.68. The van der Waals surface area contributed by atoms with Crippen LogP contribution in [0.4, 0.5) is 0 Å². The van der Waals surface area contributed by atoms with Crippen LogP contribution in [0.5, 0.6) is 11.5 Å². The van der Waals surface area contributed by atoms with Gasteiger partial charge in [-0.25, -0.2) is 0 Å². The smallest absolute Gasteiger partial charge is 0.251 e. The Morgan fingerprint density at radius 2 is 1.89 bits per heavy atom. The number of aromatic amines is 1. The first-order valence-corrected chi connectivity index (χ1v) is 9.30. The summed E-state index contributed by atoms with van der Waals surface area (Å²) in [5.74, 6) is 1.49. The lowest BCUT2D eigenvalue weighted by Gasteiger charge is -2.08. The van der Waals surface area contributed by atoms with Gasteiger partial charge >= 0.3 is 0 Å². The van der Waals surface area contributed by atoms with Crippen LogP contribution in [0.25, 0.3) is 10.9 Å². The SMILES string of the molecule is COc1ccc2[nH]c(=O)c(CCNC(=O)CCCOc3ccccc3)cc2c1. The van der Waals surface area contributed by atoms with E-state index in [1.165, 1.54) is 0 Å². The van der Waals surface area contributed by atoms with E-state index in [0.717, 1.165) is 22.4 Å². The molecule has 2 aromatic carbocycles. The molecule has 0 saturated heterocycles. The van der Waals surface area contributed by atoms with Crippen LogP contribution in [-0.4, -0.2) is 31.2 Å². The highest BCUT2D eigenvalue weighted by Gasteiger charge is 2.06. The highest BCUT2D eigenvalue weighted by Crippen LogP contribution is 2.18. The van der Waals surface area contributed by atoms with Crippen LogP contribution in [-0.2, 0) is 11.2 Å². The van der Waals surface area contributed by atoms with Gasteiger partial charge in [-0.2, -0.15) is 0 Å². The lowest BCUT2D eigenvalue weighted by molar-refractivity contribution is -0.121. The van der Waals surface area contributed by atoms with E-state index in [1.54, 1.807) is 13.2 Å². The van der Waals surface area contributed by atoms with E-state index in [-0.39, 0.29) is 11.5 Å². The standard InChI is InChI=1S/C22H24N2O4/c1-27-19-9-10-20-17(15-19)14-16(22(26)24-20)11-12-23-21(25)8-5-13-28-18-6-3-2-4-7-18/h2-4,6-7,9-10,14-15H,5,8,11-13H2,1H3,(H,23,25)(H,24,26). The molecule has 28 heavy (non-hydrogen) atoms. The first kappa shape index (κ1) is 19.5. The Morgan fingerprint density at radius 1 is 1.07 bits per heavy atom. The van der Waals surface area contributed by atoms with Gasteiger partial charge in [0.2, 0.25) is 5.91 Å². The first-order chi connectivity index (χ1) is 13.7. The number of benzene rings is 2. The third-order valence-corrected chi connectivity index (χ3v) is 4.40. The monoisotopic (exact) mass is 380 g/mol. The highest BCUT2D eigenvalue weighted by atomic mass is 16.5. The maximum atomic E-state index is 12.2. The summed E-state index contributed by atoms with van der Waals surface area (Å²) in [4.78, 5) is 27.0. The largest absolute Gasteiger partial charge is 0.497 e. The van der Waals surface area contributed by atoms with Crippen molar-refractivity contribution in [3.8, 4) is 11.5 Å². The summed E-state index contributed by atoms with van der Waals surface area (Å²) in [5, 5.41) is 3.76. The Labute approximate surface area is 163 Å². The first-order valence-electron chi connectivity index (χ1n) is 9.30. The van der Waals surface area contributed by atoms with Crippen molar-refractivity contribution in [2.24, 2.45) is 0 Å². The highest BCUT2D eigenvalue weighted by molar-refractivity contribution is 5.80. The van der Waals surface area contributed by atoms with Gasteiger partial charge in [-0.3, -0.25) is 9.59 Å². The van der Waals surface area contributed by atoms with E-state index < -0.39 is 0 Å². The summed E-state index contributed by atoms with van der Waals surface area (Å²) in [6, 6.07) is 16.9. The van der Waals surface area contributed by atoms with Crippen LogP contribution >= 0.6 is 0 Å². The van der Waals surface area contributed by atoms with Gasteiger partial charge in [0.1, 0.15) is 11.5 Å². The summed E-state index contributed by atoms with van der Waals surface area (Å²) in [6.07, 6.45) is 1.49. The minimum atomic E-state index is -0.136. The third kappa shape index (κ3) is 5.36. The zero-order valence-corrected chi connectivity index (χ0v) is 15.9. The van der Waals surface area contributed by atoms with Crippen LogP contribution in [0.15, 0.2) is 59.4 Å². The molecule has 0 radical (unpaired) electrons. The number of ether oxygens (including phenoxy) is 2.